The van der Waals surface area contributed by atoms with Gasteiger partial charge in [-0.05, 0) is 39.0 Å². The van der Waals surface area contributed by atoms with Gasteiger partial charge in [0.05, 0.1) is 7.11 Å². The highest BCUT2D eigenvalue weighted by atomic mass is 16.6. The van der Waals surface area contributed by atoms with E-state index in [1.165, 1.54) is 0 Å². The summed E-state index contributed by atoms with van der Waals surface area (Å²) < 4.78 is 10.4. The van der Waals surface area contributed by atoms with Crippen molar-refractivity contribution in [1.82, 2.24) is 5.32 Å². The van der Waals surface area contributed by atoms with Crippen LogP contribution in [-0.2, 0) is 10.2 Å². The van der Waals surface area contributed by atoms with Gasteiger partial charge in [-0.25, -0.2) is 4.79 Å². The van der Waals surface area contributed by atoms with Crippen molar-refractivity contribution in [2.24, 2.45) is 5.73 Å². The molecule has 22 heavy (non-hydrogen) atoms. The predicted octanol–water partition coefficient (Wildman–Crippen LogP) is 2.14. The first-order valence-corrected chi connectivity index (χ1v) is 7.16. The lowest BCUT2D eigenvalue weighted by Gasteiger charge is -2.30. The minimum absolute atomic E-state index is 0.111. The van der Waals surface area contributed by atoms with Gasteiger partial charge in [0.25, 0.3) is 0 Å². The fraction of sp³-hybridized carbons (Fsp3) is 0.562. The lowest BCUT2D eigenvalue weighted by molar-refractivity contribution is 0.0516. The number of hydrogen-bond donors (Lipinski definition) is 3. The van der Waals surface area contributed by atoms with Crippen molar-refractivity contribution >= 4 is 6.09 Å². The summed E-state index contributed by atoms with van der Waals surface area (Å²) in [6, 6.07) is 4.94. The van der Waals surface area contributed by atoms with Crippen molar-refractivity contribution < 1.29 is 19.4 Å². The molecule has 1 amide bonds. The molecule has 1 aromatic rings. The number of amides is 1. The van der Waals surface area contributed by atoms with Gasteiger partial charge in [0, 0.05) is 24.1 Å². The van der Waals surface area contributed by atoms with Gasteiger partial charge in [-0.3, -0.25) is 0 Å². The predicted molar refractivity (Wildman–Crippen MR) is 85.3 cm³/mol. The van der Waals surface area contributed by atoms with Crippen LogP contribution < -0.4 is 15.8 Å². The van der Waals surface area contributed by atoms with E-state index >= 15 is 0 Å². The molecule has 1 rings (SSSR count). The van der Waals surface area contributed by atoms with Crippen molar-refractivity contribution in [1.29, 1.82) is 0 Å². The molecule has 0 spiro atoms. The molecule has 1 aromatic carbocycles. The molecule has 6 nitrogen and oxygen atoms in total. The first-order valence-electron chi connectivity index (χ1n) is 7.16. The molecule has 6 heteroatoms. The second kappa shape index (κ2) is 6.87. The Morgan fingerprint density at radius 1 is 1.32 bits per heavy atom. The van der Waals surface area contributed by atoms with Crippen LogP contribution in [0.25, 0.3) is 0 Å². The van der Waals surface area contributed by atoms with Crippen molar-refractivity contribution in [3.63, 3.8) is 0 Å². The Morgan fingerprint density at radius 2 is 1.95 bits per heavy atom. The van der Waals surface area contributed by atoms with Gasteiger partial charge in [-0.15, -0.1) is 0 Å². The zero-order valence-corrected chi connectivity index (χ0v) is 13.9. The van der Waals surface area contributed by atoms with E-state index in [1.54, 1.807) is 46.1 Å². The van der Waals surface area contributed by atoms with Crippen LogP contribution in [-0.4, -0.2) is 37.0 Å². The third-order valence-electron chi connectivity index (χ3n) is 3.33. The molecule has 0 heterocycles. The standard InChI is InChI=1S/C16H26N2O4/c1-15(2,3)22-14(20)18-10-16(4,9-17)12-8-11(21-5)6-7-13(12)19/h6-8,19H,9-10,17H2,1-5H3,(H,18,20). The van der Waals surface area contributed by atoms with Crippen LogP contribution in [0.2, 0.25) is 0 Å². The Kier molecular flexibility index (Phi) is 5.65. The molecule has 0 aliphatic heterocycles. The number of nitrogens with two attached hydrogens (primary N) is 1. The van der Waals surface area contributed by atoms with E-state index in [0.29, 0.717) is 11.3 Å². The van der Waals surface area contributed by atoms with Gasteiger partial charge in [0.15, 0.2) is 0 Å². The summed E-state index contributed by atoms with van der Waals surface area (Å²) in [7, 11) is 1.55. The van der Waals surface area contributed by atoms with Crippen LogP contribution >= 0.6 is 0 Å². The highest BCUT2D eigenvalue weighted by Crippen LogP contribution is 2.33. The highest BCUT2D eigenvalue weighted by Gasteiger charge is 2.30. The summed E-state index contributed by atoms with van der Waals surface area (Å²) in [5.41, 5.74) is 5.27. The first kappa shape index (κ1) is 18.1. The molecule has 1 unspecified atom stereocenters. The monoisotopic (exact) mass is 310 g/mol. The van der Waals surface area contributed by atoms with Crippen LogP contribution in [0.1, 0.15) is 33.3 Å². The molecule has 4 N–H and O–H groups in total. The minimum Gasteiger partial charge on any atom is -0.508 e. The SMILES string of the molecule is COc1ccc(O)c(C(C)(CN)CNC(=O)OC(C)(C)C)c1. The summed E-state index contributed by atoms with van der Waals surface area (Å²) >= 11 is 0. The van der Waals surface area contributed by atoms with Gasteiger partial charge in [-0.2, -0.15) is 0 Å². The van der Waals surface area contributed by atoms with Gasteiger partial charge in [0.1, 0.15) is 17.1 Å². The molecule has 0 fully saturated rings. The van der Waals surface area contributed by atoms with Crippen LogP contribution in [0.15, 0.2) is 18.2 Å². The third kappa shape index (κ3) is 4.80. The van der Waals surface area contributed by atoms with Crippen molar-refractivity contribution in [3.8, 4) is 11.5 Å². The molecule has 0 aromatic heterocycles. The maximum absolute atomic E-state index is 11.8. The molecule has 1 atom stereocenters. The third-order valence-corrected chi connectivity index (χ3v) is 3.33. The van der Waals surface area contributed by atoms with Crippen molar-refractivity contribution in [3.05, 3.63) is 23.8 Å². The zero-order chi connectivity index (χ0) is 17.0. The Bertz CT molecular complexity index is 525. The summed E-state index contributed by atoms with van der Waals surface area (Å²) in [6.07, 6.45) is -0.519. The van der Waals surface area contributed by atoms with E-state index in [1.807, 2.05) is 6.92 Å². The fourth-order valence-corrected chi connectivity index (χ4v) is 1.98. The lowest BCUT2D eigenvalue weighted by Crippen LogP contribution is -2.45. The average Bonchev–Trinajstić information content (AvgIpc) is 2.43. The molecule has 0 aliphatic carbocycles. The summed E-state index contributed by atoms with van der Waals surface area (Å²) in [6.45, 7) is 7.72. The Hall–Kier alpha value is -1.95. The van der Waals surface area contributed by atoms with Crippen LogP contribution in [0.4, 0.5) is 4.79 Å². The Morgan fingerprint density at radius 3 is 2.45 bits per heavy atom. The molecular weight excluding hydrogens is 284 g/mol. The van der Waals surface area contributed by atoms with E-state index in [9.17, 15) is 9.90 Å². The van der Waals surface area contributed by atoms with E-state index in [4.69, 9.17) is 15.2 Å². The van der Waals surface area contributed by atoms with Gasteiger partial charge in [-0.1, -0.05) is 6.92 Å². The molecule has 0 saturated carbocycles. The van der Waals surface area contributed by atoms with E-state index in [0.717, 1.165) is 0 Å². The zero-order valence-electron chi connectivity index (χ0n) is 13.9. The topological polar surface area (TPSA) is 93.8 Å². The molecular formula is C16H26N2O4. The fourth-order valence-electron chi connectivity index (χ4n) is 1.98. The van der Waals surface area contributed by atoms with Crippen molar-refractivity contribution in [2.75, 3.05) is 20.2 Å². The number of benzene rings is 1. The van der Waals surface area contributed by atoms with Gasteiger partial charge < -0.3 is 25.6 Å². The maximum Gasteiger partial charge on any atom is 0.407 e. The first-order chi connectivity index (χ1) is 10.1. The van der Waals surface area contributed by atoms with Crippen LogP contribution in [0.5, 0.6) is 11.5 Å². The van der Waals surface area contributed by atoms with E-state index < -0.39 is 17.1 Å². The number of methoxy groups -OCH3 is 1. The number of nitrogens with one attached hydrogen (secondary N) is 1. The number of aromatic hydroxyl groups is 1. The van der Waals surface area contributed by atoms with Crippen LogP contribution in [0, 0.1) is 0 Å². The lowest BCUT2D eigenvalue weighted by atomic mass is 9.81. The number of phenolic OH excluding ortho intramolecular Hbond substituents is 1. The Balaban J connectivity index is 2.90. The number of phenols is 1. The number of ether oxygens (including phenoxy) is 2. The molecule has 0 aliphatic rings. The molecule has 0 bridgehead atoms. The molecule has 124 valence electrons. The smallest absolute Gasteiger partial charge is 0.407 e. The number of carbonyl (C=O) groups is 1. The second-order valence-electron chi connectivity index (χ2n) is 6.50. The average molecular weight is 310 g/mol. The number of carbonyl (C=O) groups excluding carboxylic acids is 1. The van der Waals surface area contributed by atoms with E-state index in [-0.39, 0.29) is 18.8 Å². The van der Waals surface area contributed by atoms with Gasteiger partial charge >= 0.3 is 6.09 Å². The largest absolute Gasteiger partial charge is 0.508 e. The summed E-state index contributed by atoms with van der Waals surface area (Å²) in [5.74, 6) is 0.726. The highest BCUT2D eigenvalue weighted by molar-refractivity contribution is 5.68. The number of alkyl carbamates (subject to hydrolysis) is 1. The summed E-state index contributed by atoms with van der Waals surface area (Å²) in [4.78, 5) is 11.8. The summed E-state index contributed by atoms with van der Waals surface area (Å²) in [5, 5.41) is 12.8. The number of hydrogen-bond acceptors (Lipinski definition) is 5. The van der Waals surface area contributed by atoms with Crippen LogP contribution in [0.3, 0.4) is 0 Å². The molecule has 0 radical (unpaired) electrons. The number of rotatable bonds is 5. The quantitative estimate of drug-likeness (QED) is 0.774. The van der Waals surface area contributed by atoms with Crippen molar-refractivity contribution in [2.45, 2.75) is 38.7 Å². The normalized spacial score (nSPS) is 14.1. The minimum atomic E-state index is -0.643. The maximum atomic E-state index is 11.8. The second-order valence-corrected chi connectivity index (χ2v) is 6.50. The Labute approximate surface area is 131 Å². The van der Waals surface area contributed by atoms with E-state index in [2.05, 4.69) is 5.32 Å². The van der Waals surface area contributed by atoms with Gasteiger partial charge in [0.2, 0.25) is 0 Å². The molecule has 0 saturated heterocycles.